The Bertz CT molecular complexity index is 687. The van der Waals surface area contributed by atoms with E-state index in [0.717, 1.165) is 18.5 Å². The normalized spacial score (nSPS) is 11.5. The number of hydrogen-bond acceptors (Lipinski definition) is 5. The Kier molecular flexibility index (Phi) is 5.58. The summed E-state index contributed by atoms with van der Waals surface area (Å²) in [5.74, 6) is 0. The summed E-state index contributed by atoms with van der Waals surface area (Å²) >= 11 is 7.37. The topological polar surface area (TPSA) is 71.1 Å². The fraction of sp³-hybridized carbons (Fsp3) is 0.308. The number of halogens is 1. The molecule has 0 unspecified atom stereocenters. The molecular weight excluding hydrogens is 330 g/mol. The van der Waals surface area contributed by atoms with Gasteiger partial charge in [0.05, 0.1) is 4.90 Å². The Labute approximate surface area is 133 Å². The summed E-state index contributed by atoms with van der Waals surface area (Å²) in [6.45, 7) is 3.59. The van der Waals surface area contributed by atoms with Crippen LogP contribution >= 0.6 is 22.9 Å². The van der Waals surface area contributed by atoms with Crippen molar-refractivity contribution in [3.8, 4) is 0 Å². The van der Waals surface area contributed by atoms with Crippen LogP contribution in [0.2, 0.25) is 5.02 Å². The van der Waals surface area contributed by atoms with Gasteiger partial charge in [-0.2, -0.15) is 0 Å². The van der Waals surface area contributed by atoms with Gasteiger partial charge in [-0.15, -0.1) is 11.3 Å². The van der Waals surface area contributed by atoms with Gasteiger partial charge in [0.1, 0.15) is 0 Å². The van der Waals surface area contributed by atoms with Crippen molar-refractivity contribution in [2.75, 3.05) is 11.3 Å². The zero-order valence-electron chi connectivity index (χ0n) is 11.5. The smallest absolute Gasteiger partial charge is 0.263 e. The maximum Gasteiger partial charge on any atom is 0.263 e. The summed E-state index contributed by atoms with van der Waals surface area (Å²) in [4.78, 5) is 4.03. The van der Waals surface area contributed by atoms with Gasteiger partial charge in [0.25, 0.3) is 10.0 Å². The number of sulfonamides is 1. The van der Waals surface area contributed by atoms with Crippen molar-refractivity contribution < 1.29 is 8.42 Å². The van der Waals surface area contributed by atoms with Crippen LogP contribution in [-0.4, -0.2) is 19.9 Å². The highest BCUT2D eigenvalue weighted by Crippen LogP contribution is 2.23. The predicted octanol–water partition coefficient (Wildman–Crippen LogP) is 3.10. The van der Waals surface area contributed by atoms with E-state index < -0.39 is 10.0 Å². The maximum atomic E-state index is 12.2. The number of anilines is 1. The van der Waals surface area contributed by atoms with Gasteiger partial charge in [-0.1, -0.05) is 24.6 Å². The van der Waals surface area contributed by atoms with Crippen LogP contribution in [0.5, 0.6) is 0 Å². The lowest BCUT2D eigenvalue weighted by Gasteiger charge is -2.09. The van der Waals surface area contributed by atoms with Crippen molar-refractivity contribution >= 4 is 38.1 Å². The highest BCUT2D eigenvalue weighted by molar-refractivity contribution is 7.93. The second kappa shape index (κ2) is 7.22. The average molecular weight is 346 g/mol. The summed E-state index contributed by atoms with van der Waals surface area (Å²) in [6.07, 6.45) is 2.57. The first-order valence-corrected chi connectivity index (χ1v) is 9.18. The molecule has 0 spiro atoms. The van der Waals surface area contributed by atoms with Gasteiger partial charge in [0.2, 0.25) is 0 Å². The molecule has 0 amide bonds. The summed E-state index contributed by atoms with van der Waals surface area (Å²) in [6, 6.07) is 4.73. The standard InChI is InChI=1S/C13H16ClN3O2S2/c1-2-5-15-9-10-3-4-11(8-12(10)14)21(18,19)17-13-16-6-7-20-13/h3-4,6-8,15H,2,5,9H2,1H3,(H,16,17). The summed E-state index contributed by atoms with van der Waals surface area (Å²) in [5.41, 5.74) is 0.873. The number of benzene rings is 1. The Morgan fingerprint density at radius 2 is 2.19 bits per heavy atom. The highest BCUT2D eigenvalue weighted by Gasteiger charge is 2.16. The van der Waals surface area contributed by atoms with Crippen LogP contribution in [-0.2, 0) is 16.6 Å². The third-order valence-electron chi connectivity index (χ3n) is 2.73. The summed E-state index contributed by atoms with van der Waals surface area (Å²) in [7, 11) is -3.65. The summed E-state index contributed by atoms with van der Waals surface area (Å²) < 4.78 is 26.8. The number of thiazole rings is 1. The molecule has 1 heterocycles. The molecule has 2 aromatic rings. The van der Waals surface area contributed by atoms with Crippen LogP contribution in [0.25, 0.3) is 0 Å². The average Bonchev–Trinajstić information content (AvgIpc) is 2.93. The largest absolute Gasteiger partial charge is 0.313 e. The fourth-order valence-electron chi connectivity index (χ4n) is 1.69. The van der Waals surface area contributed by atoms with Gasteiger partial charge in [0.15, 0.2) is 5.13 Å². The van der Waals surface area contributed by atoms with E-state index in [2.05, 4.69) is 21.9 Å². The second-order valence-corrected chi connectivity index (χ2v) is 7.36. The lowest BCUT2D eigenvalue weighted by Crippen LogP contribution is -2.15. The molecular formula is C13H16ClN3O2S2. The van der Waals surface area contributed by atoms with E-state index in [1.807, 2.05) is 0 Å². The van der Waals surface area contributed by atoms with Gasteiger partial charge in [-0.3, -0.25) is 4.72 Å². The van der Waals surface area contributed by atoms with Crippen molar-refractivity contribution in [3.05, 3.63) is 40.4 Å². The zero-order valence-corrected chi connectivity index (χ0v) is 13.9. The lowest BCUT2D eigenvalue weighted by atomic mass is 10.2. The first kappa shape index (κ1) is 16.2. The molecule has 0 aliphatic heterocycles. The molecule has 114 valence electrons. The number of nitrogens with one attached hydrogen (secondary N) is 2. The van der Waals surface area contributed by atoms with Gasteiger partial charge in [-0.25, -0.2) is 13.4 Å². The van der Waals surface area contributed by atoms with Crippen molar-refractivity contribution in [1.29, 1.82) is 0 Å². The number of nitrogens with zero attached hydrogens (tertiary/aromatic N) is 1. The Hall–Kier alpha value is -1.15. The van der Waals surface area contributed by atoms with Crippen LogP contribution in [0, 0.1) is 0 Å². The minimum atomic E-state index is -3.65. The molecule has 21 heavy (non-hydrogen) atoms. The van der Waals surface area contributed by atoms with Gasteiger partial charge in [0, 0.05) is 23.1 Å². The highest BCUT2D eigenvalue weighted by atomic mass is 35.5. The predicted molar refractivity (Wildman–Crippen MR) is 86.4 cm³/mol. The molecule has 0 atom stereocenters. The van der Waals surface area contributed by atoms with Crippen LogP contribution in [0.3, 0.4) is 0 Å². The summed E-state index contributed by atoms with van der Waals surface area (Å²) in [5, 5.41) is 5.69. The molecule has 0 saturated heterocycles. The lowest BCUT2D eigenvalue weighted by molar-refractivity contribution is 0.601. The Morgan fingerprint density at radius 3 is 2.81 bits per heavy atom. The third kappa shape index (κ3) is 4.41. The molecule has 1 aromatic carbocycles. The number of aromatic nitrogens is 1. The number of rotatable bonds is 7. The van der Waals surface area contributed by atoms with E-state index in [0.29, 0.717) is 16.7 Å². The van der Waals surface area contributed by atoms with Gasteiger partial charge < -0.3 is 5.32 Å². The minimum Gasteiger partial charge on any atom is -0.313 e. The molecule has 2 N–H and O–H groups in total. The molecule has 0 aliphatic rings. The van der Waals surface area contributed by atoms with E-state index in [9.17, 15) is 8.42 Å². The van der Waals surface area contributed by atoms with Crippen molar-refractivity contribution in [2.45, 2.75) is 24.8 Å². The molecule has 5 nitrogen and oxygen atoms in total. The van der Waals surface area contributed by atoms with Crippen LogP contribution in [0.4, 0.5) is 5.13 Å². The molecule has 1 aromatic heterocycles. The minimum absolute atomic E-state index is 0.127. The molecule has 0 bridgehead atoms. The Morgan fingerprint density at radius 1 is 1.38 bits per heavy atom. The number of hydrogen-bond donors (Lipinski definition) is 2. The van der Waals surface area contributed by atoms with E-state index >= 15 is 0 Å². The van der Waals surface area contributed by atoms with E-state index in [1.54, 1.807) is 17.5 Å². The van der Waals surface area contributed by atoms with E-state index in [4.69, 9.17) is 11.6 Å². The van der Waals surface area contributed by atoms with E-state index in [1.165, 1.54) is 23.6 Å². The van der Waals surface area contributed by atoms with E-state index in [-0.39, 0.29) is 4.90 Å². The molecule has 0 fully saturated rings. The van der Waals surface area contributed by atoms with Crippen LogP contribution < -0.4 is 10.0 Å². The first-order chi connectivity index (χ1) is 10.0. The van der Waals surface area contributed by atoms with Crippen molar-refractivity contribution in [1.82, 2.24) is 10.3 Å². The molecule has 0 saturated carbocycles. The van der Waals surface area contributed by atoms with Crippen molar-refractivity contribution in [2.24, 2.45) is 0 Å². The van der Waals surface area contributed by atoms with Gasteiger partial charge >= 0.3 is 0 Å². The molecule has 8 heteroatoms. The molecule has 2 rings (SSSR count). The Balaban J connectivity index is 2.15. The quantitative estimate of drug-likeness (QED) is 0.756. The maximum absolute atomic E-state index is 12.2. The second-order valence-electron chi connectivity index (χ2n) is 4.37. The molecule has 0 aliphatic carbocycles. The monoisotopic (exact) mass is 345 g/mol. The SMILES string of the molecule is CCCNCc1ccc(S(=O)(=O)Nc2nccs2)cc1Cl. The molecule has 0 radical (unpaired) electrons. The van der Waals surface area contributed by atoms with Crippen LogP contribution in [0.1, 0.15) is 18.9 Å². The fourth-order valence-corrected chi connectivity index (χ4v) is 3.81. The van der Waals surface area contributed by atoms with Crippen LogP contribution in [0.15, 0.2) is 34.7 Å². The van der Waals surface area contributed by atoms with Crippen molar-refractivity contribution in [3.63, 3.8) is 0 Å². The first-order valence-electron chi connectivity index (χ1n) is 6.44. The third-order valence-corrected chi connectivity index (χ3v) is 5.24. The van der Waals surface area contributed by atoms with Gasteiger partial charge in [-0.05, 0) is 30.7 Å². The zero-order chi connectivity index (χ0) is 15.3.